The molecule has 7 heteroatoms. The second-order valence-corrected chi connectivity index (χ2v) is 4.79. The number of benzene rings is 2. The lowest BCUT2D eigenvalue weighted by Gasteiger charge is -2.12. The van der Waals surface area contributed by atoms with Gasteiger partial charge in [0, 0.05) is 6.07 Å². The van der Waals surface area contributed by atoms with Crippen molar-refractivity contribution in [2.45, 2.75) is 6.18 Å². The lowest BCUT2D eigenvalue weighted by molar-refractivity contribution is -0.137. The maximum absolute atomic E-state index is 13.4. The smallest absolute Gasteiger partial charge is 0.416 e. The van der Waals surface area contributed by atoms with E-state index < -0.39 is 17.6 Å². The van der Waals surface area contributed by atoms with Crippen molar-refractivity contribution in [2.75, 3.05) is 5.73 Å². The Balaban J connectivity index is 2.33. The molecule has 0 aliphatic rings. The van der Waals surface area contributed by atoms with Crippen LogP contribution in [-0.2, 0) is 6.18 Å². The lowest BCUT2D eigenvalue weighted by Crippen LogP contribution is -2.04. The van der Waals surface area contributed by atoms with Crippen molar-refractivity contribution in [3.63, 3.8) is 0 Å². The third-order valence-electron chi connectivity index (χ3n) is 2.44. The molecule has 0 aromatic heterocycles. The van der Waals surface area contributed by atoms with Crippen molar-refractivity contribution >= 4 is 21.6 Å². The van der Waals surface area contributed by atoms with Crippen LogP contribution in [0.25, 0.3) is 0 Å². The van der Waals surface area contributed by atoms with Crippen molar-refractivity contribution < 1.29 is 22.3 Å². The maximum Gasteiger partial charge on any atom is 0.416 e. The number of anilines is 1. The van der Waals surface area contributed by atoms with E-state index in [2.05, 4.69) is 15.9 Å². The molecule has 0 fully saturated rings. The minimum atomic E-state index is -4.48. The molecule has 2 aromatic carbocycles. The average Bonchev–Trinajstić information content (AvgIpc) is 2.35. The number of alkyl halides is 3. The molecule has 2 nitrogen and oxygen atoms in total. The fourth-order valence-electron chi connectivity index (χ4n) is 1.50. The van der Waals surface area contributed by atoms with Gasteiger partial charge in [0.05, 0.1) is 15.7 Å². The molecule has 0 spiro atoms. The summed E-state index contributed by atoms with van der Waals surface area (Å²) in [4.78, 5) is 0. The van der Waals surface area contributed by atoms with Gasteiger partial charge < -0.3 is 10.5 Å². The van der Waals surface area contributed by atoms with Gasteiger partial charge in [-0.2, -0.15) is 13.2 Å². The molecule has 0 aliphatic carbocycles. The molecular weight excluding hydrogens is 342 g/mol. The molecule has 106 valence electrons. The molecule has 2 N–H and O–H groups in total. The molecule has 0 amide bonds. The highest BCUT2D eigenvalue weighted by atomic mass is 79.9. The summed E-state index contributed by atoms with van der Waals surface area (Å²) in [6, 6.07) is 6.54. The third-order valence-corrected chi connectivity index (χ3v) is 3.05. The second-order valence-electron chi connectivity index (χ2n) is 3.93. The number of hydrogen-bond donors (Lipinski definition) is 1. The predicted octanol–water partition coefficient (Wildman–Crippen LogP) is 4.98. The summed E-state index contributed by atoms with van der Waals surface area (Å²) in [6.07, 6.45) is -4.48. The van der Waals surface area contributed by atoms with Crippen LogP contribution in [0.5, 0.6) is 11.5 Å². The van der Waals surface area contributed by atoms with E-state index >= 15 is 0 Å². The summed E-state index contributed by atoms with van der Waals surface area (Å²) in [7, 11) is 0. The molecule has 0 bridgehead atoms. The Morgan fingerprint density at radius 2 is 1.80 bits per heavy atom. The van der Waals surface area contributed by atoms with Gasteiger partial charge in [-0.3, -0.25) is 0 Å². The van der Waals surface area contributed by atoms with Crippen molar-refractivity contribution in [1.82, 2.24) is 0 Å². The quantitative estimate of drug-likeness (QED) is 0.612. The fraction of sp³-hybridized carbons (Fsp3) is 0.0769. The van der Waals surface area contributed by atoms with Gasteiger partial charge in [-0.1, -0.05) is 6.07 Å². The monoisotopic (exact) mass is 349 g/mol. The largest absolute Gasteiger partial charge is 0.455 e. The number of halogens is 5. The van der Waals surface area contributed by atoms with Gasteiger partial charge in [-0.05, 0) is 40.2 Å². The van der Waals surface area contributed by atoms with Gasteiger partial charge in [-0.25, -0.2) is 4.39 Å². The van der Waals surface area contributed by atoms with Crippen LogP contribution < -0.4 is 10.5 Å². The SMILES string of the molecule is Nc1cc(Br)c(F)cc1Oc1cccc(C(F)(F)F)c1. The zero-order valence-corrected chi connectivity index (χ0v) is 11.4. The second kappa shape index (κ2) is 5.32. The van der Waals surface area contributed by atoms with E-state index in [0.29, 0.717) is 0 Å². The molecule has 2 rings (SSSR count). The van der Waals surface area contributed by atoms with Crippen LogP contribution in [0.15, 0.2) is 40.9 Å². The molecular formula is C13H8BrF4NO. The number of hydrogen-bond acceptors (Lipinski definition) is 2. The summed E-state index contributed by atoms with van der Waals surface area (Å²) < 4.78 is 56.4. The number of nitrogen functional groups attached to an aromatic ring is 1. The van der Waals surface area contributed by atoms with Crippen molar-refractivity contribution in [3.05, 3.63) is 52.3 Å². The topological polar surface area (TPSA) is 35.2 Å². The average molecular weight is 350 g/mol. The Bertz CT molecular complexity index is 643. The lowest BCUT2D eigenvalue weighted by atomic mass is 10.2. The first-order valence-electron chi connectivity index (χ1n) is 5.37. The van der Waals surface area contributed by atoms with Crippen molar-refractivity contribution in [3.8, 4) is 11.5 Å². The minimum Gasteiger partial charge on any atom is -0.455 e. The first kappa shape index (κ1) is 14.6. The third kappa shape index (κ3) is 3.22. The molecule has 20 heavy (non-hydrogen) atoms. The van der Waals surface area contributed by atoms with Crippen LogP contribution >= 0.6 is 15.9 Å². The molecule has 0 heterocycles. The van der Waals surface area contributed by atoms with E-state index in [1.807, 2.05) is 0 Å². The van der Waals surface area contributed by atoms with Crippen LogP contribution in [0.4, 0.5) is 23.2 Å². The molecule has 0 unspecified atom stereocenters. The van der Waals surface area contributed by atoms with E-state index in [-0.39, 0.29) is 21.7 Å². The minimum absolute atomic E-state index is 0.0509. The molecule has 0 aliphatic heterocycles. The summed E-state index contributed by atoms with van der Waals surface area (Å²) >= 11 is 2.94. The van der Waals surface area contributed by atoms with E-state index in [1.165, 1.54) is 18.2 Å². The normalized spacial score (nSPS) is 11.4. The van der Waals surface area contributed by atoms with Crippen molar-refractivity contribution in [2.24, 2.45) is 0 Å². The van der Waals surface area contributed by atoms with E-state index in [1.54, 1.807) is 0 Å². The molecule has 0 saturated heterocycles. The van der Waals surface area contributed by atoms with Crippen LogP contribution in [0.3, 0.4) is 0 Å². The van der Waals surface area contributed by atoms with Gasteiger partial charge >= 0.3 is 6.18 Å². The summed E-state index contributed by atoms with van der Waals surface area (Å²) in [5.41, 5.74) is 4.87. The first-order chi connectivity index (χ1) is 9.27. The molecule has 0 atom stereocenters. The highest BCUT2D eigenvalue weighted by Crippen LogP contribution is 2.35. The zero-order valence-electron chi connectivity index (χ0n) is 9.84. The standard InChI is InChI=1S/C13H8BrF4NO/c14-9-5-11(19)12(6-10(9)15)20-8-3-1-2-7(4-8)13(16,17)18/h1-6H,19H2. The number of nitrogens with two attached hydrogens (primary N) is 1. The maximum atomic E-state index is 13.4. The fourth-order valence-corrected chi connectivity index (χ4v) is 1.86. The van der Waals surface area contributed by atoms with Crippen LogP contribution in [0, 0.1) is 5.82 Å². The van der Waals surface area contributed by atoms with E-state index in [9.17, 15) is 17.6 Å². The van der Waals surface area contributed by atoms with Gasteiger partial charge in [0.15, 0.2) is 5.75 Å². The highest BCUT2D eigenvalue weighted by molar-refractivity contribution is 9.10. The van der Waals surface area contributed by atoms with Gasteiger partial charge in [0.2, 0.25) is 0 Å². The molecule has 2 aromatic rings. The predicted molar refractivity (Wildman–Crippen MR) is 70.0 cm³/mol. The van der Waals surface area contributed by atoms with Gasteiger partial charge in [0.1, 0.15) is 11.6 Å². The number of ether oxygens (including phenoxy) is 1. The summed E-state index contributed by atoms with van der Waals surface area (Å²) in [6.45, 7) is 0. The van der Waals surface area contributed by atoms with Crippen LogP contribution in [0.2, 0.25) is 0 Å². The van der Waals surface area contributed by atoms with E-state index in [0.717, 1.165) is 18.2 Å². The Labute approximate surface area is 120 Å². The zero-order chi connectivity index (χ0) is 14.9. The van der Waals surface area contributed by atoms with Gasteiger partial charge in [-0.15, -0.1) is 0 Å². The van der Waals surface area contributed by atoms with Crippen molar-refractivity contribution in [1.29, 1.82) is 0 Å². The van der Waals surface area contributed by atoms with Crippen LogP contribution in [0.1, 0.15) is 5.56 Å². The summed E-state index contributed by atoms with van der Waals surface area (Å²) in [5, 5.41) is 0. The summed E-state index contributed by atoms with van der Waals surface area (Å²) in [5.74, 6) is -0.751. The Morgan fingerprint density at radius 1 is 1.10 bits per heavy atom. The molecule has 0 saturated carbocycles. The highest BCUT2D eigenvalue weighted by Gasteiger charge is 2.30. The Hall–Kier alpha value is -1.76. The Kier molecular flexibility index (Phi) is 3.89. The Morgan fingerprint density at radius 3 is 2.45 bits per heavy atom. The van der Waals surface area contributed by atoms with Gasteiger partial charge in [0.25, 0.3) is 0 Å². The molecule has 0 radical (unpaired) electrons. The van der Waals surface area contributed by atoms with Crippen LogP contribution in [-0.4, -0.2) is 0 Å². The number of rotatable bonds is 2. The van der Waals surface area contributed by atoms with E-state index in [4.69, 9.17) is 10.5 Å². The first-order valence-corrected chi connectivity index (χ1v) is 6.16.